The van der Waals surface area contributed by atoms with Crippen molar-refractivity contribution in [2.75, 3.05) is 11.8 Å². The Balaban J connectivity index is 1.88. The van der Waals surface area contributed by atoms with E-state index in [1.807, 2.05) is 30.3 Å². The fraction of sp³-hybridized carbons (Fsp3) is 0.333. The molecule has 5 heteroatoms. The maximum atomic E-state index is 12.5. The first kappa shape index (κ1) is 19.5. The molecule has 0 aromatic heterocycles. The lowest BCUT2D eigenvalue weighted by Gasteiger charge is -2.22. The molecule has 1 aliphatic rings. The Morgan fingerprint density at radius 3 is 2.38 bits per heavy atom. The molecular weight excluding hydrogens is 387 g/mol. The van der Waals surface area contributed by atoms with Gasteiger partial charge in [0.05, 0.1) is 0 Å². The molecule has 0 amide bonds. The number of hydrogen-bond donors (Lipinski definition) is 0. The van der Waals surface area contributed by atoms with E-state index in [-0.39, 0.29) is 11.6 Å². The summed E-state index contributed by atoms with van der Waals surface area (Å²) in [6.07, 6.45) is 2.99. The lowest BCUT2D eigenvalue weighted by Crippen LogP contribution is -2.10. The SMILES string of the molecule is O=C(CCCCl)c1ccc2c(c1)Cc1c(cccc1C(=O)CCCCl)S2. The minimum Gasteiger partial charge on any atom is -0.294 e. The molecule has 0 spiro atoms. The first-order chi connectivity index (χ1) is 12.6. The summed E-state index contributed by atoms with van der Waals surface area (Å²) in [4.78, 5) is 27.1. The highest BCUT2D eigenvalue weighted by Crippen LogP contribution is 2.41. The lowest BCUT2D eigenvalue weighted by molar-refractivity contribution is 0.0973. The number of carbonyl (C=O) groups is 2. The summed E-state index contributed by atoms with van der Waals surface area (Å²) in [6.45, 7) is 0. The van der Waals surface area contributed by atoms with Gasteiger partial charge in [-0.2, -0.15) is 0 Å². The highest BCUT2D eigenvalue weighted by molar-refractivity contribution is 7.99. The minimum absolute atomic E-state index is 0.121. The second-order valence-corrected chi connectivity index (χ2v) is 8.15. The summed E-state index contributed by atoms with van der Waals surface area (Å²) in [5.41, 5.74) is 3.68. The van der Waals surface area contributed by atoms with Gasteiger partial charge in [0, 0.05) is 51.9 Å². The predicted octanol–water partition coefficient (Wildman–Crippen LogP) is 6.15. The van der Waals surface area contributed by atoms with Crippen LogP contribution in [0.5, 0.6) is 0 Å². The second-order valence-electron chi connectivity index (χ2n) is 6.32. The van der Waals surface area contributed by atoms with Crippen LogP contribution in [-0.4, -0.2) is 23.3 Å². The average Bonchev–Trinajstić information content (AvgIpc) is 2.67. The summed E-state index contributed by atoms with van der Waals surface area (Å²) in [5, 5.41) is 0. The van der Waals surface area contributed by atoms with Gasteiger partial charge in [-0.1, -0.05) is 30.0 Å². The molecule has 2 aromatic rings. The summed E-state index contributed by atoms with van der Waals surface area (Å²) >= 11 is 13.1. The Morgan fingerprint density at radius 2 is 1.65 bits per heavy atom. The van der Waals surface area contributed by atoms with Crippen molar-refractivity contribution < 1.29 is 9.59 Å². The summed E-state index contributed by atoms with van der Waals surface area (Å²) in [6, 6.07) is 11.8. The minimum atomic E-state index is 0.121. The van der Waals surface area contributed by atoms with E-state index in [4.69, 9.17) is 23.2 Å². The van der Waals surface area contributed by atoms with Gasteiger partial charge in [0.25, 0.3) is 0 Å². The largest absolute Gasteiger partial charge is 0.294 e. The van der Waals surface area contributed by atoms with E-state index in [9.17, 15) is 9.59 Å². The van der Waals surface area contributed by atoms with Crippen LogP contribution in [-0.2, 0) is 6.42 Å². The van der Waals surface area contributed by atoms with E-state index in [2.05, 4.69) is 6.07 Å². The third-order valence-corrected chi connectivity index (χ3v) is 6.23. The van der Waals surface area contributed by atoms with Crippen LogP contribution in [0.1, 0.15) is 57.5 Å². The Hall–Kier alpha value is -1.29. The van der Waals surface area contributed by atoms with Gasteiger partial charge in [0.1, 0.15) is 0 Å². The molecule has 0 saturated heterocycles. The van der Waals surface area contributed by atoms with Crippen LogP contribution in [0.25, 0.3) is 0 Å². The number of Topliss-reactive ketones (excluding diaryl/α,β-unsaturated/α-hetero) is 2. The molecule has 0 atom stereocenters. The van der Waals surface area contributed by atoms with Crippen molar-refractivity contribution in [1.29, 1.82) is 0 Å². The van der Waals surface area contributed by atoms with Gasteiger partial charge in [-0.05, 0) is 42.2 Å². The molecule has 1 aliphatic heterocycles. The van der Waals surface area contributed by atoms with Crippen molar-refractivity contribution in [2.24, 2.45) is 0 Å². The van der Waals surface area contributed by atoms with Gasteiger partial charge < -0.3 is 0 Å². The number of halogens is 2. The van der Waals surface area contributed by atoms with Crippen LogP contribution in [0.4, 0.5) is 0 Å². The van der Waals surface area contributed by atoms with Crippen molar-refractivity contribution >= 4 is 46.5 Å². The number of alkyl halides is 2. The van der Waals surface area contributed by atoms with Crippen molar-refractivity contribution in [3.05, 3.63) is 58.7 Å². The first-order valence-corrected chi connectivity index (χ1v) is 10.6. The van der Waals surface area contributed by atoms with Gasteiger partial charge in [-0.3, -0.25) is 9.59 Å². The third kappa shape index (κ3) is 4.33. The molecule has 2 nitrogen and oxygen atoms in total. The van der Waals surface area contributed by atoms with Crippen molar-refractivity contribution in [1.82, 2.24) is 0 Å². The third-order valence-electron chi connectivity index (χ3n) is 4.48. The Bertz CT molecular complexity index is 833. The molecule has 136 valence electrons. The average molecular weight is 407 g/mol. The number of fused-ring (bicyclic) bond motifs is 2. The molecule has 0 fully saturated rings. The fourth-order valence-electron chi connectivity index (χ4n) is 3.14. The molecule has 0 radical (unpaired) electrons. The zero-order chi connectivity index (χ0) is 18.5. The molecule has 0 saturated carbocycles. The fourth-order valence-corrected chi connectivity index (χ4v) is 4.49. The standard InChI is InChI=1S/C21H20Cl2O2S/c22-10-2-5-18(24)14-8-9-20-15(12-14)13-17-16(19(25)6-3-11-23)4-1-7-21(17)26-20/h1,4,7-9,12H,2-3,5-6,10-11,13H2. The van der Waals surface area contributed by atoms with E-state index in [0.717, 1.165) is 32.0 Å². The molecule has 26 heavy (non-hydrogen) atoms. The van der Waals surface area contributed by atoms with E-state index in [1.54, 1.807) is 11.8 Å². The maximum absolute atomic E-state index is 12.5. The molecule has 2 aromatic carbocycles. The summed E-state index contributed by atoms with van der Waals surface area (Å²) in [7, 11) is 0. The molecule has 1 heterocycles. The molecule has 0 unspecified atom stereocenters. The molecule has 0 aliphatic carbocycles. The van der Waals surface area contributed by atoms with Gasteiger partial charge in [0.15, 0.2) is 11.6 Å². The van der Waals surface area contributed by atoms with Gasteiger partial charge >= 0.3 is 0 Å². The van der Waals surface area contributed by atoms with Crippen molar-refractivity contribution in [2.45, 2.75) is 41.9 Å². The number of hydrogen-bond acceptors (Lipinski definition) is 3. The lowest BCUT2D eigenvalue weighted by atomic mass is 9.93. The number of ketones is 2. The smallest absolute Gasteiger partial charge is 0.163 e. The summed E-state index contributed by atoms with van der Waals surface area (Å²) < 4.78 is 0. The maximum Gasteiger partial charge on any atom is 0.163 e. The van der Waals surface area contributed by atoms with E-state index >= 15 is 0 Å². The Morgan fingerprint density at radius 1 is 0.923 bits per heavy atom. The Labute approximate surface area is 168 Å². The van der Waals surface area contributed by atoms with Crippen LogP contribution in [0, 0.1) is 0 Å². The van der Waals surface area contributed by atoms with Gasteiger partial charge in [-0.25, -0.2) is 0 Å². The predicted molar refractivity (Wildman–Crippen MR) is 108 cm³/mol. The zero-order valence-electron chi connectivity index (χ0n) is 14.4. The molecule has 0 bridgehead atoms. The number of benzene rings is 2. The molecular formula is C21H20Cl2O2S. The van der Waals surface area contributed by atoms with E-state index in [0.29, 0.717) is 43.9 Å². The van der Waals surface area contributed by atoms with Crippen molar-refractivity contribution in [3.8, 4) is 0 Å². The quantitative estimate of drug-likeness (QED) is 0.332. The topological polar surface area (TPSA) is 34.1 Å². The monoisotopic (exact) mass is 406 g/mol. The highest BCUT2D eigenvalue weighted by atomic mass is 35.5. The zero-order valence-corrected chi connectivity index (χ0v) is 16.7. The van der Waals surface area contributed by atoms with E-state index in [1.165, 1.54) is 0 Å². The van der Waals surface area contributed by atoms with E-state index < -0.39 is 0 Å². The molecule has 0 N–H and O–H groups in total. The molecule has 3 rings (SSSR count). The Kier molecular flexibility index (Phi) is 6.80. The highest BCUT2D eigenvalue weighted by Gasteiger charge is 2.22. The van der Waals surface area contributed by atoms with Gasteiger partial charge in [0.2, 0.25) is 0 Å². The number of rotatable bonds is 8. The van der Waals surface area contributed by atoms with Crippen LogP contribution in [0.3, 0.4) is 0 Å². The van der Waals surface area contributed by atoms with Crippen LogP contribution in [0.2, 0.25) is 0 Å². The van der Waals surface area contributed by atoms with Crippen LogP contribution < -0.4 is 0 Å². The van der Waals surface area contributed by atoms with Crippen LogP contribution >= 0.6 is 35.0 Å². The second kappa shape index (κ2) is 9.07. The van der Waals surface area contributed by atoms with Crippen molar-refractivity contribution in [3.63, 3.8) is 0 Å². The normalized spacial score (nSPS) is 12.4. The van der Waals surface area contributed by atoms with Gasteiger partial charge in [-0.15, -0.1) is 23.2 Å². The summed E-state index contributed by atoms with van der Waals surface area (Å²) in [5.74, 6) is 1.25. The van der Waals surface area contributed by atoms with Crippen LogP contribution in [0.15, 0.2) is 46.2 Å². The number of carbonyl (C=O) groups excluding carboxylic acids is 2. The first-order valence-electron chi connectivity index (χ1n) is 8.75.